The molecule has 1 unspecified atom stereocenters. The van der Waals surface area contributed by atoms with E-state index in [0.717, 1.165) is 25.9 Å². The third-order valence-corrected chi connectivity index (χ3v) is 9.37. The highest BCUT2D eigenvalue weighted by molar-refractivity contribution is 5.21. The molecule has 3 rings (SSSR count). The van der Waals surface area contributed by atoms with E-state index < -0.39 is 0 Å². The van der Waals surface area contributed by atoms with Crippen LogP contribution in [-0.4, -0.2) is 4.57 Å². The predicted octanol–water partition coefficient (Wildman–Crippen LogP) is 11.8. The van der Waals surface area contributed by atoms with Crippen molar-refractivity contribution in [3.05, 3.63) is 89.5 Å². The molecule has 3 aromatic rings. The Morgan fingerprint density at radius 2 is 1.07 bits per heavy atom. The molecular weight excluding hydrogens is 520 g/mol. The van der Waals surface area contributed by atoms with Crippen LogP contribution in [0, 0.1) is 0 Å². The van der Waals surface area contributed by atoms with Crippen molar-refractivity contribution in [2.75, 3.05) is 0 Å². The van der Waals surface area contributed by atoms with E-state index in [9.17, 15) is 0 Å². The molecule has 0 N–H and O–H groups in total. The van der Waals surface area contributed by atoms with E-state index in [-0.39, 0.29) is 0 Å². The summed E-state index contributed by atoms with van der Waals surface area (Å²) in [7, 11) is 0. The Kier molecular flexibility index (Phi) is 18.1. The maximum atomic E-state index is 2.74. The van der Waals surface area contributed by atoms with Gasteiger partial charge >= 0.3 is 0 Å². The van der Waals surface area contributed by atoms with Crippen LogP contribution in [0.4, 0.5) is 0 Å². The topological polar surface area (TPSA) is 8.81 Å². The molecule has 0 saturated heterocycles. The van der Waals surface area contributed by atoms with E-state index in [0.29, 0.717) is 5.92 Å². The lowest BCUT2D eigenvalue weighted by Crippen LogP contribution is -2.41. The van der Waals surface area contributed by atoms with Gasteiger partial charge in [-0.15, -0.1) is 0 Å². The average Bonchev–Trinajstić information content (AvgIpc) is 3.35. The van der Waals surface area contributed by atoms with Gasteiger partial charge < -0.3 is 0 Å². The molecule has 0 saturated carbocycles. The molecule has 0 fully saturated rings. The van der Waals surface area contributed by atoms with Gasteiger partial charge in [0.2, 0.25) is 0 Å². The van der Waals surface area contributed by atoms with Crippen LogP contribution in [-0.2, 0) is 25.9 Å². The Morgan fingerprint density at radius 1 is 0.581 bits per heavy atom. The Hall–Kier alpha value is -2.35. The van der Waals surface area contributed by atoms with Gasteiger partial charge in [0.25, 0.3) is 5.82 Å². The zero-order chi connectivity index (χ0) is 30.4. The van der Waals surface area contributed by atoms with Gasteiger partial charge in [0.05, 0.1) is 19.5 Å². The van der Waals surface area contributed by atoms with Gasteiger partial charge in [0.15, 0.2) is 0 Å². The number of aromatic nitrogens is 2. The van der Waals surface area contributed by atoms with E-state index in [1.165, 1.54) is 138 Å². The minimum atomic E-state index is 0.517. The first-order valence-electron chi connectivity index (χ1n) is 18.4. The van der Waals surface area contributed by atoms with Gasteiger partial charge in [-0.2, -0.15) is 0 Å². The summed E-state index contributed by atoms with van der Waals surface area (Å²) in [5, 5.41) is 0. The molecule has 1 heterocycles. The molecule has 0 aliphatic rings. The summed E-state index contributed by atoms with van der Waals surface area (Å²) in [6.07, 6.45) is 29.6. The van der Waals surface area contributed by atoms with Crippen molar-refractivity contribution in [3.8, 4) is 0 Å². The van der Waals surface area contributed by atoms with Crippen molar-refractivity contribution in [2.24, 2.45) is 0 Å². The van der Waals surface area contributed by atoms with E-state index in [1.54, 1.807) is 0 Å². The molecule has 2 nitrogen and oxygen atoms in total. The molecule has 1 atom stereocenters. The molecule has 0 spiro atoms. The number of rotatable bonds is 25. The summed E-state index contributed by atoms with van der Waals surface area (Å²) < 4.78 is 5.38. The van der Waals surface area contributed by atoms with Gasteiger partial charge in [-0.3, -0.25) is 0 Å². The van der Waals surface area contributed by atoms with E-state index in [4.69, 9.17) is 0 Å². The van der Waals surface area contributed by atoms with Crippen LogP contribution in [0.2, 0.25) is 0 Å². The van der Waals surface area contributed by atoms with Gasteiger partial charge in [-0.1, -0.05) is 171 Å². The predicted molar refractivity (Wildman–Crippen MR) is 187 cm³/mol. The molecule has 2 aromatic carbocycles. The summed E-state index contributed by atoms with van der Waals surface area (Å²) in [6, 6.07) is 22.3. The molecule has 0 amide bonds. The van der Waals surface area contributed by atoms with E-state index >= 15 is 0 Å². The van der Waals surface area contributed by atoms with Crippen molar-refractivity contribution in [3.63, 3.8) is 0 Å². The van der Waals surface area contributed by atoms with E-state index in [1.807, 2.05) is 0 Å². The number of unbranched alkanes of at least 4 members (excludes halogenated alkanes) is 16. The lowest BCUT2D eigenvalue weighted by Gasteiger charge is -2.12. The maximum absolute atomic E-state index is 2.74. The first-order chi connectivity index (χ1) is 21.2. The lowest BCUT2D eigenvalue weighted by molar-refractivity contribution is -0.710. The molecule has 0 radical (unpaired) electrons. The third-order valence-electron chi connectivity index (χ3n) is 9.37. The zero-order valence-corrected chi connectivity index (χ0v) is 28.4. The minimum absolute atomic E-state index is 0.517. The second kappa shape index (κ2) is 22.2. The molecule has 0 aliphatic heterocycles. The van der Waals surface area contributed by atoms with Crippen molar-refractivity contribution >= 4 is 0 Å². The molecule has 1 aromatic heterocycles. The summed E-state index contributed by atoms with van der Waals surface area (Å²) in [6.45, 7) is 9.32. The third kappa shape index (κ3) is 13.9. The van der Waals surface area contributed by atoms with Crippen LogP contribution in [0.3, 0.4) is 0 Å². The number of imidazole rings is 1. The van der Waals surface area contributed by atoms with Crippen LogP contribution in [0.25, 0.3) is 0 Å². The number of nitrogens with zero attached hydrogens (tertiary/aromatic N) is 2. The Labute approximate surface area is 266 Å². The fourth-order valence-corrected chi connectivity index (χ4v) is 6.64. The van der Waals surface area contributed by atoms with Crippen LogP contribution in [0.15, 0.2) is 66.9 Å². The minimum Gasteiger partial charge on any atom is -0.234 e. The highest BCUT2D eigenvalue weighted by atomic mass is 15.2. The van der Waals surface area contributed by atoms with Crippen molar-refractivity contribution in [1.29, 1.82) is 0 Å². The van der Waals surface area contributed by atoms with Gasteiger partial charge in [-0.05, 0) is 42.7 Å². The molecular formula is C41H65N2+. The van der Waals surface area contributed by atoms with Crippen LogP contribution >= 0.6 is 0 Å². The number of benzene rings is 2. The second-order valence-corrected chi connectivity index (χ2v) is 13.2. The highest BCUT2D eigenvalue weighted by Gasteiger charge is 2.25. The number of aryl methyl sites for hydroxylation is 1. The van der Waals surface area contributed by atoms with Gasteiger partial charge in [0.1, 0.15) is 11.9 Å². The fourth-order valence-electron chi connectivity index (χ4n) is 6.64. The Morgan fingerprint density at radius 3 is 1.63 bits per heavy atom. The first kappa shape index (κ1) is 35.1. The standard InChI is InChI=1S/C41H65N2/c1-4-6-8-10-12-14-15-17-19-27-33-43-40(34-37(3)39-30-24-21-25-31-39)36-42(32-26-18-16-13-11-9-7-5-2)41(43)35-38-28-22-20-23-29-38/h20-25,28-31,36-37H,4-19,26-27,32-35H2,1-3H3/q+1. The van der Waals surface area contributed by atoms with Crippen molar-refractivity contribution in [2.45, 2.75) is 168 Å². The van der Waals surface area contributed by atoms with Crippen molar-refractivity contribution < 1.29 is 4.57 Å². The van der Waals surface area contributed by atoms with E-state index in [2.05, 4.69) is 96.8 Å². The lowest BCUT2D eigenvalue weighted by atomic mass is 9.96. The Balaban J connectivity index is 1.68. The summed E-state index contributed by atoms with van der Waals surface area (Å²) >= 11 is 0. The molecule has 43 heavy (non-hydrogen) atoms. The molecule has 0 aliphatic carbocycles. The first-order valence-corrected chi connectivity index (χ1v) is 18.4. The largest absolute Gasteiger partial charge is 0.261 e. The number of hydrogen-bond donors (Lipinski definition) is 0. The fraction of sp³-hybridized carbons (Fsp3) is 0.634. The number of hydrogen-bond acceptors (Lipinski definition) is 0. The Bertz CT molecular complexity index is 1070. The van der Waals surface area contributed by atoms with Gasteiger partial charge in [0, 0.05) is 6.42 Å². The maximum Gasteiger partial charge on any atom is 0.261 e. The summed E-state index contributed by atoms with van der Waals surface area (Å²) in [5.74, 6) is 2.03. The normalized spacial score (nSPS) is 12.2. The summed E-state index contributed by atoms with van der Waals surface area (Å²) in [4.78, 5) is 0. The highest BCUT2D eigenvalue weighted by Crippen LogP contribution is 2.21. The zero-order valence-electron chi connectivity index (χ0n) is 28.4. The van der Waals surface area contributed by atoms with Gasteiger partial charge in [-0.25, -0.2) is 9.13 Å². The average molecular weight is 586 g/mol. The molecule has 0 bridgehead atoms. The monoisotopic (exact) mass is 586 g/mol. The van der Waals surface area contributed by atoms with Crippen molar-refractivity contribution in [1.82, 2.24) is 4.57 Å². The SMILES string of the molecule is CCCCCCCCCCCC[n+]1c(CC(C)c2ccccc2)cn(CCCCCCCCCC)c1Cc1ccccc1. The quantitative estimate of drug-likeness (QED) is 0.0690. The molecule has 238 valence electrons. The second-order valence-electron chi connectivity index (χ2n) is 13.2. The van der Waals surface area contributed by atoms with Crippen LogP contribution in [0.5, 0.6) is 0 Å². The van der Waals surface area contributed by atoms with Crippen LogP contribution < -0.4 is 4.57 Å². The summed E-state index contributed by atoms with van der Waals surface area (Å²) in [5.41, 5.74) is 4.41. The molecule has 2 heteroatoms. The smallest absolute Gasteiger partial charge is 0.234 e. The van der Waals surface area contributed by atoms with Crippen LogP contribution in [0.1, 0.15) is 165 Å².